The van der Waals surface area contributed by atoms with Crippen LogP contribution < -0.4 is 10.1 Å². The Kier molecular flexibility index (Phi) is 6.85. The molecule has 2 aromatic carbocycles. The zero-order valence-electron chi connectivity index (χ0n) is 15.0. The molecule has 1 N–H and O–H groups in total. The molecule has 1 amide bonds. The number of methoxy groups -OCH3 is 1. The third-order valence-electron chi connectivity index (χ3n) is 3.83. The summed E-state index contributed by atoms with van der Waals surface area (Å²) in [6, 6.07) is 12.7. The third kappa shape index (κ3) is 5.48. The second kappa shape index (κ2) is 8.88. The van der Waals surface area contributed by atoms with Crippen LogP contribution in [0.15, 0.2) is 42.5 Å². The van der Waals surface area contributed by atoms with Gasteiger partial charge in [0.25, 0.3) is 5.91 Å². The monoisotopic (exact) mass is 361 g/mol. The summed E-state index contributed by atoms with van der Waals surface area (Å²) in [7, 11) is 1.61. The number of rotatable bonds is 7. The van der Waals surface area contributed by atoms with Gasteiger partial charge >= 0.3 is 0 Å². The van der Waals surface area contributed by atoms with Crippen molar-refractivity contribution in [2.45, 2.75) is 39.5 Å². The van der Waals surface area contributed by atoms with Crippen molar-refractivity contribution in [2.75, 3.05) is 7.11 Å². The van der Waals surface area contributed by atoms with Crippen molar-refractivity contribution in [3.63, 3.8) is 0 Å². The fourth-order valence-electron chi connectivity index (χ4n) is 2.40. The van der Waals surface area contributed by atoms with Crippen molar-refractivity contribution in [3.8, 4) is 5.75 Å². The fourth-order valence-corrected chi connectivity index (χ4v) is 2.53. The van der Waals surface area contributed by atoms with E-state index < -0.39 is 0 Å². The first-order valence-corrected chi connectivity index (χ1v) is 8.63. The third-order valence-corrected chi connectivity index (χ3v) is 4.08. The number of amides is 1. The van der Waals surface area contributed by atoms with Crippen LogP contribution in [0.3, 0.4) is 0 Å². The minimum absolute atomic E-state index is 0.104. The Balaban J connectivity index is 2.12. The number of hydrogen-bond acceptors (Lipinski definition) is 3. The molecule has 0 radical (unpaired) electrons. The smallest absolute Gasteiger partial charge is 0.251 e. The van der Waals surface area contributed by atoms with Crippen LogP contribution in [0.4, 0.5) is 0 Å². The molecule has 0 aliphatic rings. The van der Waals surface area contributed by atoms with Gasteiger partial charge in [0.2, 0.25) is 0 Å². The van der Waals surface area contributed by atoms with Crippen LogP contribution in [-0.2, 0) is 11.3 Å². The van der Waals surface area contributed by atoms with E-state index in [-0.39, 0.29) is 18.1 Å². The summed E-state index contributed by atoms with van der Waals surface area (Å²) in [5, 5.41) is 3.67. The molecule has 1 atom stereocenters. The first-order valence-electron chi connectivity index (χ1n) is 8.25. The van der Waals surface area contributed by atoms with E-state index in [1.165, 1.54) is 0 Å². The van der Waals surface area contributed by atoms with Gasteiger partial charge in [-0.15, -0.1) is 0 Å². The van der Waals surface area contributed by atoms with Crippen LogP contribution in [-0.4, -0.2) is 19.1 Å². The van der Waals surface area contributed by atoms with Crippen LogP contribution in [0.1, 0.15) is 48.3 Å². The number of benzene rings is 2. The number of nitrogens with one attached hydrogen (secondary N) is 1. The first kappa shape index (κ1) is 19.3. The average molecular weight is 362 g/mol. The Labute approximate surface area is 154 Å². The topological polar surface area (TPSA) is 47.6 Å². The van der Waals surface area contributed by atoms with Crippen molar-refractivity contribution in [1.29, 1.82) is 0 Å². The molecule has 0 unspecified atom stereocenters. The summed E-state index contributed by atoms with van der Waals surface area (Å²) in [5.74, 6) is 0.568. The highest BCUT2D eigenvalue weighted by Crippen LogP contribution is 2.22. The van der Waals surface area contributed by atoms with Crippen molar-refractivity contribution < 1.29 is 14.3 Å². The normalized spacial score (nSPS) is 12.1. The van der Waals surface area contributed by atoms with E-state index in [0.29, 0.717) is 22.9 Å². The van der Waals surface area contributed by atoms with Gasteiger partial charge in [-0.05, 0) is 56.7 Å². The predicted octanol–water partition coefficient (Wildman–Crippen LogP) is 4.76. The van der Waals surface area contributed by atoms with Crippen LogP contribution in [0.2, 0.25) is 5.02 Å². The second-order valence-electron chi connectivity index (χ2n) is 6.13. The lowest BCUT2D eigenvalue weighted by atomic mass is 10.1. The number of hydrogen-bond donors (Lipinski definition) is 1. The van der Waals surface area contributed by atoms with E-state index in [2.05, 4.69) is 5.32 Å². The SMILES string of the molecule is COc1ccc(C(=O)N[C@@H](C)c2ccc(Cl)cc2)cc1COC(C)C. The Morgan fingerprint density at radius 1 is 1.12 bits per heavy atom. The summed E-state index contributed by atoms with van der Waals surface area (Å²) in [6.45, 7) is 6.27. The Morgan fingerprint density at radius 2 is 1.80 bits per heavy atom. The van der Waals surface area contributed by atoms with E-state index in [1.54, 1.807) is 19.2 Å². The molecular formula is C20H24ClNO3. The molecule has 2 rings (SSSR count). The van der Waals surface area contributed by atoms with Crippen LogP contribution >= 0.6 is 11.6 Å². The zero-order chi connectivity index (χ0) is 18.4. The van der Waals surface area contributed by atoms with E-state index in [9.17, 15) is 4.79 Å². The second-order valence-corrected chi connectivity index (χ2v) is 6.57. The Morgan fingerprint density at radius 3 is 2.40 bits per heavy atom. The summed E-state index contributed by atoms with van der Waals surface area (Å²) in [5.41, 5.74) is 2.42. The van der Waals surface area contributed by atoms with Gasteiger partial charge in [0.1, 0.15) is 5.75 Å². The standard InChI is InChI=1S/C20H24ClNO3/c1-13(2)25-12-17-11-16(7-10-19(17)24-4)20(23)22-14(3)15-5-8-18(21)9-6-15/h5-11,13-14H,12H2,1-4H3,(H,22,23)/t14-/m0/s1. The van der Waals surface area contributed by atoms with Gasteiger partial charge in [0.15, 0.2) is 0 Å². The van der Waals surface area contributed by atoms with E-state index in [0.717, 1.165) is 11.1 Å². The first-order chi connectivity index (χ1) is 11.9. The molecule has 25 heavy (non-hydrogen) atoms. The largest absolute Gasteiger partial charge is 0.496 e. The molecule has 0 saturated carbocycles. The van der Waals surface area contributed by atoms with Crippen molar-refractivity contribution in [3.05, 3.63) is 64.2 Å². The lowest BCUT2D eigenvalue weighted by Crippen LogP contribution is -2.26. The number of halogens is 1. The van der Waals surface area contributed by atoms with E-state index >= 15 is 0 Å². The van der Waals surface area contributed by atoms with Crippen LogP contribution in [0.5, 0.6) is 5.75 Å². The van der Waals surface area contributed by atoms with Gasteiger partial charge < -0.3 is 14.8 Å². The molecule has 0 fully saturated rings. The molecule has 0 bridgehead atoms. The maximum atomic E-state index is 12.6. The lowest BCUT2D eigenvalue weighted by molar-refractivity contribution is 0.0644. The molecule has 5 heteroatoms. The maximum Gasteiger partial charge on any atom is 0.251 e. The highest BCUT2D eigenvalue weighted by Gasteiger charge is 2.14. The maximum absolute atomic E-state index is 12.6. The van der Waals surface area contributed by atoms with E-state index in [4.69, 9.17) is 21.1 Å². The summed E-state index contributed by atoms with van der Waals surface area (Å²) in [4.78, 5) is 12.6. The molecule has 0 aliphatic carbocycles. The number of carbonyl (C=O) groups excluding carboxylic acids is 1. The van der Waals surface area contributed by atoms with Crippen LogP contribution in [0.25, 0.3) is 0 Å². The molecule has 0 saturated heterocycles. The van der Waals surface area contributed by atoms with E-state index in [1.807, 2.05) is 51.1 Å². The fraction of sp³-hybridized carbons (Fsp3) is 0.350. The molecule has 0 heterocycles. The van der Waals surface area contributed by atoms with Gasteiger partial charge in [-0.2, -0.15) is 0 Å². The Hall–Kier alpha value is -2.04. The van der Waals surface area contributed by atoms with Crippen LogP contribution in [0, 0.1) is 0 Å². The van der Waals surface area contributed by atoms with Gasteiger partial charge in [0, 0.05) is 16.1 Å². The van der Waals surface area contributed by atoms with Crippen molar-refractivity contribution in [1.82, 2.24) is 5.32 Å². The van der Waals surface area contributed by atoms with Gasteiger partial charge in [0.05, 0.1) is 25.9 Å². The molecule has 0 spiro atoms. The van der Waals surface area contributed by atoms with Crippen molar-refractivity contribution in [2.24, 2.45) is 0 Å². The molecule has 2 aromatic rings. The minimum Gasteiger partial charge on any atom is -0.496 e. The van der Waals surface area contributed by atoms with Crippen molar-refractivity contribution >= 4 is 17.5 Å². The molecule has 134 valence electrons. The predicted molar refractivity (Wildman–Crippen MR) is 100 cm³/mol. The average Bonchev–Trinajstić information content (AvgIpc) is 2.60. The number of carbonyl (C=O) groups is 1. The van der Waals surface area contributed by atoms with Gasteiger partial charge in [-0.1, -0.05) is 23.7 Å². The molecule has 0 aliphatic heterocycles. The number of ether oxygens (including phenoxy) is 2. The summed E-state index contributed by atoms with van der Waals surface area (Å²) < 4.78 is 11.0. The molecule has 0 aromatic heterocycles. The summed E-state index contributed by atoms with van der Waals surface area (Å²) in [6.07, 6.45) is 0.104. The Bertz CT molecular complexity index is 713. The highest BCUT2D eigenvalue weighted by molar-refractivity contribution is 6.30. The summed E-state index contributed by atoms with van der Waals surface area (Å²) >= 11 is 5.90. The molecular weight excluding hydrogens is 338 g/mol. The van der Waals surface area contributed by atoms with Gasteiger partial charge in [-0.25, -0.2) is 0 Å². The quantitative estimate of drug-likeness (QED) is 0.773. The van der Waals surface area contributed by atoms with Gasteiger partial charge in [-0.3, -0.25) is 4.79 Å². The lowest BCUT2D eigenvalue weighted by Gasteiger charge is -2.16. The highest BCUT2D eigenvalue weighted by atomic mass is 35.5. The zero-order valence-corrected chi connectivity index (χ0v) is 15.8. The molecule has 4 nitrogen and oxygen atoms in total. The minimum atomic E-state index is -0.143.